The fraction of sp³-hybridized carbons (Fsp3) is 0.412. The van der Waals surface area contributed by atoms with Crippen molar-refractivity contribution in [2.75, 3.05) is 14.1 Å². The highest BCUT2D eigenvalue weighted by molar-refractivity contribution is 14.0. The van der Waals surface area contributed by atoms with Crippen LogP contribution in [0.5, 0.6) is 0 Å². The minimum absolute atomic E-state index is 0. The minimum Gasteiger partial charge on any atom is -0.444 e. The van der Waals surface area contributed by atoms with Crippen LogP contribution in [0.2, 0.25) is 0 Å². The number of oxazole rings is 1. The molecule has 3 N–H and O–H groups in total. The van der Waals surface area contributed by atoms with Crippen molar-refractivity contribution in [1.29, 1.82) is 0 Å². The van der Waals surface area contributed by atoms with Gasteiger partial charge in [0.15, 0.2) is 5.96 Å². The number of guanidine groups is 1. The van der Waals surface area contributed by atoms with Crippen molar-refractivity contribution in [3.05, 3.63) is 52.7 Å². The Morgan fingerprint density at radius 1 is 1.19 bits per heavy atom. The van der Waals surface area contributed by atoms with Crippen LogP contribution in [0, 0.1) is 13.8 Å². The quantitative estimate of drug-likeness (QED) is 0.300. The molecule has 0 aliphatic rings. The number of halogens is 1. The number of nitrogens with one attached hydrogen (secondary N) is 3. The van der Waals surface area contributed by atoms with Crippen molar-refractivity contribution < 1.29 is 12.8 Å². The lowest BCUT2D eigenvalue weighted by molar-refractivity contribution is 0.463. The van der Waals surface area contributed by atoms with E-state index in [0.29, 0.717) is 24.9 Å². The lowest BCUT2D eigenvalue weighted by Gasteiger charge is -2.11. The Bertz CT molecular complexity index is 861. The molecule has 0 bridgehead atoms. The molecule has 10 heteroatoms. The molecule has 150 valence electrons. The molecule has 2 rings (SSSR count). The van der Waals surface area contributed by atoms with Crippen LogP contribution in [-0.2, 0) is 28.9 Å². The number of nitrogens with zero attached hydrogens (tertiary/aromatic N) is 2. The summed E-state index contributed by atoms with van der Waals surface area (Å²) in [6, 6.07) is 7.41. The first-order valence-corrected chi connectivity index (χ1v) is 9.84. The molecule has 0 saturated carbocycles. The molecule has 0 aliphatic heterocycles. The molecule has 0 amide bonds. The molecule has 0 fully saturated rings. The van der Waals surface area contributed by atoms with Gasteiger partial charge < -0.3 is 15.1 Å². The van der Waals surface area contributed by atoms with E-state index in [0.717, 1.165) is 22.6 Å². The Hall–Kier alpha value is -1.66. The maximum absolute atomic E-state index is 11.7. The van der Waals surface area contributed by atoms with Gasteiger partial charge in [-0.3, -0.25) is 4.99 Å². The van der Waals surface area contributed by atoms with Crippen LogP contribution >= 0.6 is 24.0 Å². The Morgan fingerprint density at radius 2 is 1.85 bits per heavy atom. The van der Waals surface area contributed by atoms with Crippen molar-refractivity contribution >= 4 is 40.0 Å². The second-order valence-corrected chi connectivity index (χ2v) is 7.74. The number of rotatable bonds is 7. The topological polar surface area (TPSA) is 109 Å². The third-order valence-electron chi connectivity index (χ3n) is 3.82. The van der Waals surface area contributed by atoms with Crippen molar-refractivity contribution in [3.8, 4) is 0 Å². The summed E-state index contributed by atoms with van der Waals surface area (Å²) in [4.78, 5) is 8.48. The SMILES string of the molecule is CN=C(NCc1cccc(CS(=O)(=O)NC)c1)NCc1nc(C)c(C)o1.I. The van der Waals surface area contributed by atoms with Crippen LogP contribution < -0.4 is 15.4 Å². The Kier molecular flexibility index (Phi) is 9.19. The zero-order valence-electron chi connectivity index (χ0n) is 15.9. The standard InChI is InChI=1S/C17H25N5O3S.HI/c1-12-13(2)25-16(22-12)10-21-17(18-3)20-9-14-6-5-7-15(8-14)11-26(23,24)19-4;/h5-8,19H,9-11H2,1-4H3,(H2,18,20,21);1H. The van der Waals surface area contributed by atoms with E-state index < -0.39 is 10.0 Å². The summed E-state index contributed by atoms with van der Waals surface area (Å²) in [6.07, 6.45) is 0. The largest absolute Gasteiger partial charge is 0.444 e. The highest BCUT2D eigenvalue weighted by Gasteiger charge is 2.09. The third-order valence-corrected chi connectivity index (χ3v) is 5.16. The van der Waals surface area contributed by atoms with E-state index in [1.54, 1.807) is 13.1 Å². The summed E-state index contributed by atoms with van der Waals surface area (Å²) in [5, 5.41) is 6.32. The maximum atomic E-state index is 11.7. The molecule has 0 unspecified atom stereocenters. The molecule has 1 aromatic carbocycles. The second-order valence-electron chi connectivity index (χ2n) is 5.81. The average Bonchev–Trinajstić information content (AvgIpc) is 2.93. The summed E-state index contributed by atoms with van der Waals surface area (Å²) in [6.45, 7) is 4.71. The van der Waals surface area contributed by atoms with Gasteiger partial charge in [-0.25, -0.2) is 18.1 Å². The molecular weight excluding hydrogens is 481 g/mol. The maximum Gasteiger partial charge on any atom is 0.215 e. The van der Waals surface area contributed by atoms with Crippen LogP contribution in [0.4, 0.5) is 0 Å². The molecule has 2 aromatic rings. The number of sulfonamides is 1. The third kappa shape index (κ3) is 7.46. The first-order valence-electron chi connectivity index (χ1n) is 8.19. The second kappa shape index (κ2) is 10.6. The van der Waals surface area contributed by atoms with E-state index in [9.17, 15) is 8.42 Å². The van der Waals surface area contributed by atoms with Gasteiger partial charge in [-0.15, -0.1) is 24.0 Å². The monoisotopic (exact) mass is 507 g/mol. The van der Waals surface area contributed by atoms with Crippen molar-refractivity contribution in [2.24, 2.45) is 4.99 Å². The molecule has 27 heavy (non-hydrogen) atoms. The smallest absolute Gasteiger partial charge is 0.215 e. The van der Waals surface area contributed by atoms with Gasteiger partial charge in [0.1, 0.15) is 5.76 Å². The average molecular weight is 507 g/mol. The summed E-state index contributed by atoms with van der Waals surface area (Å²) < 4.78 is 31.2. The molecular formula is C17H26IN5O3S. The zero-order valence-corrected chi connectivity index (χ0v) is 19.0. The van der Waals surface area contributed by atoms with Crippen LogP contribution in [0.25, 0.3) is 0 Å². The van der Waals surface area contributed by atoms with Gasteiger partial charge in [0.25, 0.3) is 0 Å². The molecule has 0 saturated heterocycles. The first-order chi connectivity index (χ1) is 12.3. The number of hydrogen-bond acceptors (Lipinski definition) is 5. The highest BCUT2D eigenvalue weighted by Crippen LogP contribution is 2.09. The Labute approximate surface area is 177 Å². The lowest BCUT2D eigenvalue weighted by Crippen LogP contribution is -2.36. The normalized spacial score (nSPS) is 11.8. The molecule has 1 heterocycles. The predicted octanol–water partition coefficient (Wildman–Crippen LogP) is 1.82. The van der Waals surface area contributed by atoms with E-state index in [2.05, 4.69) is 25.3 Å². The van der Waals surface area contributed by atoms with E-state index >= 15 is 0 Å². The summed E-state index contributed by atoms with van der Waals surface area (Å²) in [5.74, 6) is 1.96. The summed E-state index contributed by atoms with van der Waals surface area (Å²) in [5.41, 5.74) is 2.56. The van der Waals surface area contributed by atoms with Gasteiger partial charge in [0, 0.05) is 13.6 Å². The Balaban J connectivity index is 0.00000364. The van der Waals surface area contributed by atoms with Crippen LogP contribution in [0.15, 0.2) is 33.7 Å². The van der Waals surface area contributed by atoms with E-state index in [-0.39, 0.29) is 29.7 Å². The van der Waals surface area contributed by atoms with E-state index in [1.165, 1.54) is 7.05 Å². The van der Waals surface area contributed by atoms with Gasteiger partial charge in [-0.05, 0) is 32.0 Å². The fourth-order valence-corrected chi connectivity index (χ4v) is 3.06. The lowest BCUT2D eigenvalue weighted by atomic mass is 10.1. The van der Waals surface area contributed by atoms with Crippen LogP contribution in [-0.4, -0.2) is 33.5 Å². The number of hydrogen-bond donors (Lipinski definition) is 3. The zero-order chi connectivity index (χ0) is 19.2. The molecule has 0 aliphatic carbocycles. The minimum atomic E-state index is -3.29. The van der Waals surface area contributed by atoms with Crippen LogP contribution in [0.1, 0.15) is 28.5 Å². The van der Waals surface area contributed by atoms with Gasteiger partial charge in [-0.1, -0.05) is 24.3 Å². The van der Waals surface area contributed by atoms with Gasteiger partial charge >= 0.3 is 0 Å². The van der Waals surface area contributed by atoms with Gasteiger partial charge in [0.05, 0.1) is 18.0 Å². The molecule has 0 radical (unpaired) electrons. The molecule has 0 atom stereocenters. The van der Waals surface area contributed by atoms with Crippen molar-refractivity contribution in [1.82, 2.24) is 20.3 Å². The number of benzene rings is 1. The van der Waals surface area contributed by atoms with Crippen molar-refractivity contribution in [3.63, 3.8) is 0 Å². The number of aliphatic imine (C=N–C) groups is 1. The fourth-order valence-electron chi connectivity index (χ4n) is 2.30. The van der Waals surface area contributed by atoms with E-state index in [1.807, 2.05) is 32.0 Å². The Morgan fingerprint density at radius 3 is 2.44 bits per heavy atom. The summed E-state index contributed by atoms with van der Waals surface area (Å²) >= 11 is 0. The molecule has 1 aromatic heterocycles. The summed E-state index contributed by atoms with van der Waals surface area (Å²) in [7, 11) is -0.202. The predicted molar refractivity (Wildman–Crippen MR) is 117 cm³/mol. The first kappa shape index (κ1) is 23.4. The highest BCUT2D eigenvalue weighted by atomic mass is 127. The van der Waals surface area contributed by atoms with Gasteiger partial charge in [0.2, 0.25) is 15.9 Å². The molecule has 8 nitrogen and oxygen atoms in total. The number of aryl methyl sites for hydroxylation is 2. The molecule has 0 spiro atoms. The number of aromatic nitrogens is 1. The van der Waals surface area contributed by atoms with Gasteiger partial charge in [-0.2, -0.15) is 0 Å². The van der Waals surface area contributed by atoms with Crippen molar-refractivity contribution in [2.45, 2.75) is 32.7 Å². The van der Waals surface area contributed by atoms with Crippen LogP contribution in [0.3, 0.4) is 0 Å². The van der Waals surface area contributed by atoms with E-state index in [4.69, 9.17) is 4.42 Å².